The van der Waals surface area contributed by atoms with Crippen molar-refractivity contribution in [3.05, 3.63) is 29.2 Å². The molecule has 0 aliphatic carbocycles. The number of rotatable bonds is 3. The lowest BCUT2D eigenvalue weighted by atomic mass is 10.2. The molecule has 2 heterocycles. The number of nitrogens with one attached hydrogen (secondary N) is 1. The first-order valence-electron chi connectivity index (χ1n) is 5.30. The van der Waals surface area contributed by atoms with E-state index in [-0.39, 0.29) is 0 Å². The topological polar surface area (TPSA) is 47.7 Å². The predicted octanol–water partition coefficient (Wildman–Crippen LogP) is 1.38. The summed E-state index contributed by atoms with van der Waals surface area (Å²) >= 11 is 0. The van der Waals surface area contributed by atoms with Crippen molar-refractivity contribution in [3.63, 3.8) is 0 Å². The molecule has 5 heteroatoms. The van der Waals surface area contributed by atoms with Gasteiger partial charge in [-0.15, -0.1) is 0 Å². The second kappa shape index (κ2) is 4.00. The fourth-order valence-electron chi connectivity index (χ4n) is 1.78. The van der Waals surface area contributed by atoms with Gasteiger partial charge in [0.25, 0.3) is 0 Å². The monoisotopic (exact) mass is 219 g/mol. The van der Waals surface area contributed by atoms with Crippen LogP contribution in [-0.2, 0) is 20.6 Å². The van der Waals surface area contributed by atoms with Crippen LogP contribution in [0.15, 0.2) is 12.3 Å². The number of aryl methyl sites for hydroxylation is 4. The molecule has 2 rings (SSSR count). The van der Waals surface area contributed by atoms with Crippen molar-refractivity contribution in [2.45, 2.75) is 20.4 Å². The highest BCUT2D eigenvalue weighted by atomic mass is 15.3. The van der Waals surface area contributed by atoms with E-state index in [1.807, 2.05) is 49.6 Å². The Morgan fingerprint density at radius 1 is 1.25 bits per heavy atom. The molecule has 1 N–H and O–H groups in total. The zero-order valence-electron chi connectivity index (χ0n) is 10.2. The van der Waals surface area contributed by atoms with Gasteiger partial charge < -0.3 is 5.32 Å². The SMILES string of the molecule is Cc1cc(NCc2cn(C)nc2C)n(C)n1. The number of anilines is 1. The molecule has 0 saturated heterocycles. The zero-order valence-corrected chi connectivity index (χ0v) is 10.2. The molecule has 0 bridgehead atoms. The maximum Gasteiger partial charge on any atom is 0.124 e. The fourth-order valence-corrected chi connectivity index (χ4v) is 1.78. The van der Waals surface area contributed by atoms with Crippen LogP contribution in [0.4, 0.5) is 5.82 Å². The second-order valence-electron chi connectivity index (χ2n) is 4.06. The molecule has 0 atom stereocenters. The largest absolute Gasteiger partial charge is 0.366 e. The first kappa shape index (κ1) is 10.7. The number of hydrogen-bond acceptors (Lipinski definition) is 3. The molecule has 0 fully saturated rings. The van der Waals surface area contributed by atoms with Gasteiger partial charge in [0.2, 0.25) is 0 Å². The third kappa shape index (κ3) is 2.08. The lowest BCUT2D eigenvalue weighted by Crippen LogP contribution is -2.04. The third-order valence-corrected chi connectivity index (χ3v) is 2.58. The van der Waals surface area contributed by atoms with Crippen LogP contribution < -0.4 is 5.32 Å². The summed E-state index contributed by atoms with van der Waals surface area (Å²) in [5.74, 6) is 1.03. The summed E-state index contributed by atoms with van der Waals surface area (Å²) in [7, 11) is 3.87. The molecule has 16 heavy (non-hydrogen) atoms. The van der Waals surface area contributed by atoms with Gasteiger partial charge in [0.15, 0.2) is 0 Å². The summed E-state index contributed by atoms with van der Waals surface area (Å²) in [4.78, 5) is 0. The Kier molecular flexibility index (Phi) is 2.68. The van der Waals surface area contributed by atoms with E-state index in [0.29, 0.717) is 0 Å². The standard InChI is InChI=1S/C11H17N5/c1-8-5-11(16(4)13-8)12-6-10-7-15(3)14-9(10)2/h5,7,12H,6H2,1-4H3. The van der Waals surface area contributed by atoms with Crippen LogP contribution in [0.3, 0.4) is 0 Å². The highest BCUT2D eigenvalue weighted by Crippen LogP contribution is 2.11. The molecule has 0 aliphatic heterocycles. The minimum Gasteiger partial charge on any atom is -0.366 e. The van der Waals surface area contributed by atoms with Crippen molar-refractivity contribution in [2.24, 2.45) is 14.1 Å². The summed E-state index contributed by atoms with van der Waals surface area (Å²) in [5.41, 5.74) is 3.29. The summed E-state index contributed by atoms with van der Waals surface area (Å²) < 4.78 is 3.68. The molecule has 0 amide bonds. The van der Waals surface area contributed by atoms with Gasteiger partial charge in [-0.3, -0.25) is 9.36 Å². The fraction of sp³-hybridized carbons (Fsp3) is 0.455. The molecule has 0 aliphatic rings. The molecular formula is C11H17N5. The van der Waals surface area contributed by atoms with Gasteiger partial charge in [0.05, 0.1) is 11.4 Å². The minimum atomic E-state index is 0.776. The van der Waals surface area contributed by atoms with Crippen LogP contribution in [0, 0.1) is 13.8 Å². The van der Waals surface area contributed by atoms with Gasteiger partial charge in [-0.1, -0.05) is 0 Å². The average Bonchev–Trinajstić information content (AvgIpc) is 2.66. The Morgan fingerprint density at radius 3 is 2.50 bits per heavy atom. The Morgan fingerprint density at radius 2 is 2.00 bits per heavy atom. The van der Waals surface area contributed by atoms with Gasteiger partial charge in [-0.25, -0.2) is 0 Å². The van der Waals surface area contributed by atoms with Crippen molar-refractivity contribution < 1.29 is 0 Å². The summed E-state index contributed by atoms with van der Waals surface area (Å²) in [6.07, 6.45) is 2.03. The minimum absolute atomic E-state index is 0.776. The van der Waals surface area contributed by atoms with Gasteiger partial charge >= 0.3 is 0 Å². The molecule has 0 aromatic carbocycles. The predicted molar refractivity (Wildman–Crippen MR) is 63.2 cm³/mol. The van der Waals surface area contributed by atoms with Crippen LogP contribution in [0.1, 0.15) is 17.0 Å². The third-order valence-electron chi connectivity index (χ3n) is 2.58. The van der Waals surface area contributed by atoms with Crippen LogP contribution in [-0.4, -0.2) is 19.6 Å². The van der Waals surface area contributed by atoms with E-state index in [1.165, 1.54) is 5.56 Å². The quantitative estimate of drug-likeness (QED) is 0.848. The second-order valence-corrected chi connectivity index (χ2v) is 4.06. The molecular weight excluding hydrogens is 202 g/mol. The van der Waals surface area contributed by atoms with Gasteiger partial charge in [0, 0.05) is 38.5 Å². The lowest BCUT2D eigenvalue weighted by Gasteiger charge is -2.04. The van der Waals surface area contributed by atoms with Crippen molar-refractivity contribution in [2.75, 3.05) is 5.32 Å². The highest BCUT2D eigenvalue weighted by molar-refractivity contribution is 5.37. The molecule has 2 aromatic rings. The van der Waals surface area contributed by atoms with E-state index in [0.717, 1.165) is 23.8 Å². The van der Waals surface area contributed by atoms with Gasteiger partial charge in [-0.05, 0) is 13.8 Å². The van der Waals surface area contributed by atoms with Crippen LogP contribution >= 0.6 is 0 Å². The normalized spacial score (nSPS) is 10.8. The van der Waals surface area contributed by atoms with Gasteiger partial charge in [-0.2, -0.15) is 10.2 Å². The molecule has 0 unspecified atom stereocenters. The summed E-state index contributed by atoms with van der Waals surface area (Å²) in [6.45, 7) is 4.78. The first-order chi connectivity index (χ1) is 7.56. The smallest absolute Gasteiger partial charge is 0.124 e. The van der Waals surface area contributed by atoms with E-state index in [1.54, 1.807) is 0 Å². The maximum absolute atomic E-state index is 4.31. The zero-order chi connectivity index (χ0) is 11.7. The van der Waals surface area contributed by atoms with E-state index >= 15 is 0 Å². The summed E-state index contributed by atoms with van der Waals surface area (Å²) in [6, 6.07) is 2.03. The van der Waals surface area contributed by atoms with E-state index in [9.17, 15) is 0 Å². The van der Waals surface area contributed by atoms with Gasteiger partial charge in [0.1, 0.15) is 5.82 Å². The van der Waals surface area contributed by atoms with E-state index in [2.05, 4.69) is 15.5 Å². The Hall–Kier alpha value is -1.78. The molecule has 0 saturated carbocycles. The Bertz CT molecular complexity index is 448. The van der Waals surface area contributed by atoms with Crippen molar-refractivity contribution >= 4 is 5.82 Å². The summed E-state index contributed by atoms with van der Waals surface area (Å²) in [5, 5.41) is 11.9. The molecule has 0 radical (unpaired) electrons. The number of aromatic nitrogens is 4. The number of hydrogen-bond donors (Lipinski definition) is 1. The van der Waals surface area contributed by atoms with Crippen molar-refractivity contribution in [1.82, 2.24) is 19.6 Å². The van der Waals surface area contributed by atoms with Crippen molar-refractivity contribution in [1.29, 1.82) is 0 Å². The maximum atomic E-state index is 4.31. The lowest BCUT2D eigenvalue weighted by molar-refractivity contribution is 0.755. The van der Waals surface area contributed by atoms with E-state index in [4.69, 9.17) is 0 Å². The number of nitrogens with zero attached hydrogens (tertiary/aromatic N) is 4. The first-order valence-corrected chi connectivity index (χ1v) is 5.30. The van der Waals surface area contributed by atoms with Crippen LogP contribution in [0.25, 0.3) is 0 Å². The molecule has 0 spiro atoms. The van der Waals surface area contributed by atoms with E-state index < -0.39 is 0 Å². The molecule has 86 valence electrons. The average molecular weight is 219 g/mol. The Labute approximate surface area is 95.1 Å². The Balaban J connectivity index is 2.07. The van der Waals surface area contributed by atoms with Crippen LogP contribution in [0.5, 0.6) is 0 Å². The highest BCUT2D eigenvalue weighted by Gasteiger charge is 2.05. The molecule has 5 nitrogen and oxygen atoms in total. The molecule has 2 aromatic heterocycles. The van der Waals surface area contributed by atoms with Crippen LogP contribution in [0.2, 0.25) is 0 Å². The van der Waals surface area contributed by atoms with Crippen molar-refractivity contribution in [3.8, 4) is 0 Å².